The molecule has 0 bridgehead atoms. The summed E-state index contributed by atoms with van der Waals surface area (Å²) in [6, 6.07) is 10.5. The third-order valence-electron chi connectivity index (χ3n) is 3.50. The number of anilines is 3. The van der Waals surface area contributed by atoms with Crippen LogP contribution in [0.3, 0.4) is 0 Å². The van der Waals surface area contributed by atoms with Crippen LogP contribution in [0, 0.1) is 0 Å². The Kier molecular flexibility index (Phi) is 3.78. The first-order valence-corrected chi connectivity index (χ1v) is 7.00. The van der Waals surface area contributed by atoms with Crippen LogP contribution in [0.2, 0.25) is 0 Å². The fourth-order valence-electron chi connectivity index (χ4n) is 2.49. The maximum atomic E-state index is 5.49. The highest BCUT2D eigenvalue weighted by Crippen LogP contribution is 2.33. The molecule has 0 saturated carbocycles. The normalized spacial score (nSPS) is 13.3. The molecule has 2 aromatic rings. The number of hydrogen-bond acceptors (Lipinski definition) is 5. The van der Waals surface area contributed by atoms with Gasteiger partial charge in [-0.05, 0) is 31.0 Å². The Morgan fingerprint density at radius 1 is 1.25 bits per heavy atom. The highest BCUT2D eigenvalue weighted by molar-refractivity contribution is 5.68. The Bertz CT molecular complexity index is 584. The van der Waals surface area contributed by atoms with Crippen molar-refractivity contribution in [3.05, 3.63) is 42.2 Å². The third kappa shape index (κ3) is 2.58. The molecular formula is C15H19N5. The fourth-order valence-corrected chi connectivity index (χ4v) is 2.49. The second kappa shape index (κ2) is 5.88. The Morgan fingerprint density at radius 2 is 2.15 bits per heavy atom. The number of aromatic nitrogens is 2. The molecule has 1 aliphatic heterocycles. The van der Waals surface area contributed by atoms with Crippen molar-refractivity contribution in [2.75, 3.05) is 29.9 Å². The first-order valence-electron chi connectivity index (χ1n) is 7.00. The standard InChI is InChI=1S/C15H19N5/c16-7-3-8-17-14-10-15(19-11-18-14)20-9-6-12-4-1-2-5-13(12)20/h1-2,4-5,10-11H,3,6-9,16H2,(H,17,18,19). The van der Waals surface area contributed by atoms with Crippen LogP contribution in [0.25, 0.3) is 0 Å². The first kappa shape index (κ1) is 12.9. The van der Waals surface area contributed by atoms with Crippen molar-refractivity contribution >= 4 is 17.3 Å². The maximum absolute atomic E-state index is 5.49. The minimum Gasteiger partial charge on any atom is -0.370 e. The summed E-state index contributed by atoms with van der Waals surface area (Å²) in [7, 11) is 0. The number of fused-ring (bicyclic) bond motifs is 1. The van der Waals surface area contributed by atoms with Gasteiger partial charge in [0.25, 0.3) is 0 Å². The van der Waals surface area contributed by atoms with Gasteiger partial charge in [0.15, 0.2) is 0 Å². The third-order valence-corrected chi connectivity index (χ3v) is 3.50. The highest BCUT2D eigenvalue weighted by atomic mass is 15.2. The second-order valence-corrected chi connectivity index (χ2v) is 4.86. The summed E-state index contributed by atoms with van der Waals surface area (Å²) in [4.78, 5) is 10.9. The molecular weight excluding hydrogens is 250 g/mol. The Hall–Kier alpha value is -2.14. The molecule has 0 amide bonds. The first-order chi connectivity index (χ1) is 9.88. The molecule has 20 heavy (non-hydrogen) atoms. The summed E-state index contributed by atoms with van der Waals surface area (Å²) in [6.07, 6.45) is 3.61. The van der Waals surface area contributed by atoms with Crippen molar-refractivity contribution in [1.29, 1.82) is 0 Å². The Morgan fingerprint density at radius 3 is 3.05 bits per heavy atom. The topological polar surface area (TPSA) is 67.1 Å². The van der Waals surface area contributed by atoms with Crippen LogP contribution >= 0.6 is 0 Å². The molecule has 0 fully saturated rings. The average molecular weight is 269 g/mol. The van der Waals surface area contributed by atoms with E-state index in [1.54, 1.807) is 6.33 Å². The van der Waals surface area contributed by atoms with Crippen molar-refractivity contribution in [2.24, 2.45) is 5.73 Å². The van der Waals surface area contributed by atoms with E-state index in [-0.39, 0.29) is 0 Å². The van der Waals surface area contributed by atoms with E-state index >= 15 is 0 Å². The summed E-state index contributed by atoms with van der Waals surface area (Å²) in [5.41, 5.74) is 8.12. The van der Waals surface area contributed by atoms with Crippen molar-refractivity contribution in [3.8, 4) is 0 Å². The number of nitrogens with two attached hydrogens (primary N) is 1. The number of rotatable bonds is 5. The number of nitrogens with zero attached hydrogens (tertiary/aromatic N) is 3. The molecule has 0 spiro atoms. The van der Waals surface area contributed by atoms with E-state index < -0.39 is 0 Å². The molecule has 5 nitrogen and oxygen atoms in total. The molecule has 1 aromatic carbocycles. The Balaban J connectivity index is 1.79. The lowest BCUT2D eigenvalue weighted by atomic mass is 10.2. The van der Waals surface area contributed by atoms with Gasteiger partial charge >= 0.3 is 0 Å². The molecule has 0 aliphatic carbocycles. The van der Waals surface area contributed by atoms with Gasteiger partial charge in [0, 0.05) is 24.8 Å². The molecule has 5 heteroatoms. The van der Waals surface area contributed by atoms with Gasteiger partial charge in [0.2, 0.25) is 0 Å². The van der Waals surface area contributed by atoms with Crippen LogP contribution in [0.5, 0.6) is 0 Å². The number of benzene rings is 1. The zero-order chi connectivity index (χ0) is 13.8. The predicted molar refractivity (Wildman–Crippen MR) is 81.3 cm³/mol. The van der Waals surface area contributed by atoms with Crippen LogP contribution in [-0.2, 0) is 6.42 Å². The van der Waals surface area contributed by atoms with Gasteiger partial charge in [0.05, 0.1) is 0 Å². The second-order valence-electron chi connectivity index (χ2n) is 4.86. The smallest absolute Gasteiger partial charge is 0.138 e. The number of hydrogen-bond donors (Lipinski definition) is 2. The lowest BCUT2D eigenvalue weighted by Gasteiger charge is -2.18. The number of nitrogens with one attached hydrogen (secondary N) is 1. The van der Waals surface area contributed by atoms with E-state index in [2.05, 4.69) is 44.5 Å². The van der Waals surface area contributed by atoms with Crippen molar-refractivity contribution in [2.45, 2.75) is 12.8 Å². The molecule has 0 radical (unpaired) electrons. The van der Waals surface area contributed by atoms with Crippen molar-refractivity contribution in [3.63, 3.8) is 0 Å². The molecule has 1 aromatic heterocycles. The monoisotopic (exact) mass is 269 g/mol. The minimum absolute atomic E-state index is 0.685. The van der Waals surface area contributed by atoms with Gasteiger partial charge in [-0.3, -0.25) is 0 Å². The number of para-hydroxylation sites is 1. The van der Waals surface area contributed by atoms with Crippen LogP contribution in [-0.4, -0.2) is 29.6 Å². The van der Waals surface area contributed by atoms with Crippen LogP contribution in [0.1, 0.15) is 12.0 Å². The van der Waals surface area contributed by atoms with Crippen molar-refractivity contribution in [1.82, 2.24) is 9.97 Å². The largest absolute Gasteiger partial charge is 0.370 e. The van der Waals surface area contributed by atoms with E-state index in [0.717, 1.165) is 37.6 Å². The summed E-state index contributed by atoms with van der Waals surface area (Å²) in [5, 5.41) is 3.28. The lowest BCUT2D eigenvalue weighted by molar-refractivity contribution is 0.868. The van der Waals surface area contributed by atoms with Gasteiger partial charge in [-0.2, -0.15) is 0 Å². The van der Waals surface area contributed by atoms with Crippen LogP contribution in [0.4, 0.5) is 17.3 Å². The van der Waals surface area contributed by atoms with Gasteiger partial charge in [-0.25, -0.2) is 9.97 Å². The van der Waals surface area contributed by atoms with Gasteiger partial charge in [-0.1, -0.05) is 18.2 Å². The summed E-state index contributed by atoms with van der Waals surface area (Å²) in [5.74, 6) is 1.80. The zero-order valence-corrected chi connectivity index (χ0v) is 11.4. The molecule has 1 aliphatic rings. The maximum Gasteiger partial charge on any atom is 0.138 e. The molecule has 0 atom stereocenters. The van der Waals surface area contributed by atoms with Crippen molar-refractivity contribution < 1.29 is 0 Å². The van der Waals surface area contributed by atoms with Crippen LogP contribution in [0.15, 0.2) is 36.7 Å². The highest BCUT2D eigenvalue weighted by Gasteiger charge is 2.20. The fraction of sp³-hybridized carbons (Fsp3) is 0.333. The van der Waals surface area contributed by atoms with Gasteiger partial charge in [-0.15, -0.1) is 0 Å². The molecule has 0 unspecified atom stereocenters. The Labute approximate surface area is 118 Å². The molecule has 0 saturated heterocycles. The lowest BCUT2D eigenvalue weighted by Crippen LogP contribution is -2.16. The molecule has 2 heterocycles. The summed E-state index contributed by atoms with van der Waals surface area (Å²) >= 11 is 0. The van der Waals surface area contributed by atoms with Gasteiger partial charge < -0.3 is 16.0 Å². The summed E-state index contributed by atoms with van der Waals surface area (Å²) < 4.78 is 0. The van der Waals surface area contributed by atoms with E-state index in [9.17, 15) is 0 Å². The predicted octanol–water partition coefficient (Wildman–Crippen LogP) is 1.93. The van der Waals surface area contributed by atoms with Crippen LogP contribution < -0.4 is 16.0 Å². The molecule has 3 rings (SSSR count). The van der Waals surface area contributed by atoms with Gasteiger partial charge in [0.1, 0.15) is 18.0 Å². The van der Waals surface area contributed by atoms with E-state index in [1.807, 2.05) is 6.07 Å². The molecule has 104 valence electrons. The van der Waals surface area contributed by atoms with E-state index in [4.69, 9.17) is 5.73 Å². The zero-order valence-electron chi connectivity index (χ0n) is 11.4. The average Bonchev–Trinajstić information content (AvgIpc) is 2.92. The van der Waals surface area contributed by atoms with E-state index in [0.29, 0.717) is 6.54 Å². The minimum atomic E-state index is 0.685. The molecule has 3 N–H and O–H groups in total. The SMILES string of the molecule is NCCCNc1cc(N2CCc3ccccc32)ncn1. The van der Waals surface area contributed by atoms with E-state index in [1.165, 1.54) is 11.3 Å². The quantitative estimate of drug-likeness (QED) is 0.812. The summed E-state index contributed by atoms with van der Waals surface area (Å²) in [6.45, 7) is 2.49.